The average molecular weight is 220 g/mol. The van der Waals surface area contributed by atoms with E-state index in [1.807, 2.05) is 19.1 Å². The molecule has 0 fully saturated rings. The highest BCUT2D eigenvalue weighted by Gasteiger charge is 2.41. The highest BCUT2D eigenvalue weighted by molar-refractivity contribution is 5.50. The lowest BCUT2D eigenvalue weighted by Crippen LogP contribution is -2.40. The zero-order chi connectivity index (χ0) is 11.9. The highest BCUT2D eigenvalue weighted by atomic mass is 16.7. The molecule has 2 rings (SSSR count). The van der Waals surface area contributed by atoms with Gasteiger partial charge < -0.3 is 9.47 Å². The van der Waals surface area contributed by atoms with Crippen LogP contribution in [0.15, 0.2) is 18.2 Å². The van der Waals surface area contributed by atoms with Gasteiger partial charge in [0.1, 0.15) is 0 Å². The van der Waals surface area contributed by atoms with Gasteiger partial charge in [0, 0.05) is 18.4 Å². The van der Waals surface area contributed by atoms with Crippen molar-refractivity contribution in [1.29, 1.82) is 0 Å². The third-order valence-corrected chi connectivity index (χ3v) is 3.30. The summed E-state index contributed by atoms with van der Waals surface area (Å²) in [4.78, 5) is 0. The SMILES string of the molecule is CC(C)c1cccc2c1O[C@@](C)(C(C)C)O2. The lowest BCUT2D eigenvalue weighted by Gasteiger charge is -2.27. The van der Waals surface area contributed by atoms with E-state index in [9.17, 15) is 0 Å². The van der Waals surface area contributed by atoms with E-state index in [0.29, 0.717) is 11.8 Å². The number of para-hydroxylation sites is 1. The monoisotopic (exact) mass is 220 g/mol. The van der Waals surface area contributed by atoms with Crippen LogP contribution in [0.5, 0.6) is 11.5 Å². The molecule has 16 heavy (non-hydrogen) atoms. The van der Waals surface area contributed by atoms with E-state index in [0.717, 1.165) is 11.5 Å². The Labute approximate surface area is 97.6 Å². The maximum atomic E-state index is 6.03. The van der Waals surface area contributed by atoms with Crippen LogP contribution in [-0.2, 0) is 0 Å². The van der Waals surface area contributed by atoms with Gasteiger partial charge in [-0.3, -0.25) is 0 Å². The van der Waals surface area contributed by atoms with Gasteiger partial charge in [-0.25, -0.2) is 0 Å². The number of fused-ring (bicyclic) bond motifs is 1. The molecular weight excluding hydrogens is 200 g/mol. The van der Waals surface area contributed by atoms with Crippen LogP contribution in [0.2, 0.25) is 0 Å². The van der Waals surface area contributed by atoms with Gasteiger partial charge in [0.2, 0.25) is 0 Å². The summed E-state index contributed by atoms with van der Waals surface area (Å²) in [5.74, 6) is 2.05. The standard InChI is InChI=1S/C14H20O2/c1-9(2)11-7-6-8-12-13(11)16-14(5,15-12)10(3)4/h6-10H,1-5H3/t14-/m0/s1. The first-order chi connectivity index (χ1) is 7.44. The lowest BCUT2D eigenvalue weighted by atomic mass is 10.0. The first-order valence-electron chi connectivity index (χ1n) is 5.95. The molecule has 0 amide bonds. The minimum Gasteiger partial charge on any atom is -0.448 e. The molecule has 0 saturated heterocycles. The van der Waals surface area contributed by atoms with Crippen LogP contribution < -0.4 is 9.47 Å². The summed E-state index contributed by atoms with van der Waals surface area (Å²) >= 11 is 0. The summed E-state index contributed by atoms with van der Waals surface area (Å²) in [6, 6.07) is 6.12. The Morgan fingerprint density at radius 2 is 1.75 bits per heavy atom. The topological polar surface area (TPSA) is 18.5 Å². The predicted octanol–water partition coefficient (Wildman–Crippen LogP) is 3.95. The van der Waals surface area contributed by atoms with Gasteiger partial charge >= 0.3 is 0 Å². The first kappa shape index (κ1) is 11.3. The van der Waals surface area contributed by atoms with Crippen LogP contribution in [0.3, 0.4) is 0 Å². The van der Waals surface area contributed by atoms with Crippen LogP contribution >= 0.6 is 0 Å². The summed E-state index contributed by atoms with van der Waals surface area (Å²) in [5, 5.41) is 0. The van der Waals surface area contributed by atoms with Gasteiger partial charge in [-0.2, -0.15) is 0 Å². The third kappa shape index (κ3) is 1.66. The first-order valence-corrected chi connectivity index (χ1v) is 5.95. The molecule has 1 atom stereocenters. The molecule has 0 aromatic heterocycles. The Morgan fingerprint density at radius 3 is 2.31 bits per heavy atom. The van der Waals surface area contributed by atoms with Crippen molar-refractivity contribution >= 4 is 0 Å². The summed E-state index contributed by atoms with van der Waals surface area (Å²) in [6.45, 7) is 10.6. The molecule has 2 heteroatoms. The maximum absolute atomic E-state index is 6.03. The Bertz CT molecular complexity index is 396. The quantitative estimate of drug-likeness (QED) is 0.751. The summed E-state index contributed by atoms with van der Waals surface area (Å²) in [6.07, 6.45) is 0. The van der Waals surface area contributed by atoms with E-state index in [4.69, 9.17) is 9.47 Å². The Hall–Kier alpha value is -1.18. The fraction of sp³-hybridized carbons (Fsp3) is 0.571. The van der Waals surface area contributed by atoms with E-state index in [1.54, 1.807) is 0 Å². The fourth-order valence-corrected chi connectivity index (χ4v) is 1.85. The Morgan fingerprint density at radius 1 is 1.06 bits per heavy atom. The van der Waals surface area contributed by atoms with Crippen molar-refractivity contribution in [2.45, 2.75) is 46.3 Å². The molecule has 0 unspecified atom stereocenters. The number of rotatable bonds is 2. The molecule has 0 spiro atoms. The van der Waals surface area contributed by atoms with Crippen LogP contribution in [-0.4, -0.2) is 5.79 Å². The van der Waals surface area contributed by atoms with Gasteiger partial charge in [-0.15, -0.1) is 0 Å². The molecule has 0 saturated carbocycles. The summed E-state index contributed by atoms with van der Waals surface area (Å²) < 4.78 is 12.0. The molecule has 0 radical (unpaired) electrons. The van der Waals surface area contributed by atoms with Gasteiger partial charge in [-0.1, -0.05) is 39.8 Å². The molecule has 0 aliphatic carbocycles. The van der Waals surface area contributed by atoms with E-state index in [-0.39, 0.29) is 0 Å². The van der Waals surface area contributed by atoms with Gasteiger partial charge in [-0.05, 0) is 12.0 Å². The molecule has 0 N–H and O–H groups in total. The fourth-order valence-electron chi connectivity index (χ4n) is 1.85. The normalized spacial score (nSPS) is 23.2. The van der Waals surface area contributed by atoms with E-state index < -0.39 is 5.79 Å². The van der Waals surface area contributed by atoms with Crippen molar-refractivity contribution in [3.63, 3.8) is 0 Å². The molecule has 1 aliphatic rings. The molecule has 1 heterocycles. The maximum Gasteiger partial charge on any atom is 0.251 e. The van der Waals surface area contributed by atoms with Crippen LogP contribution in [0.1, 0.15) is 46.1 Å². The minimum atomic E-state index is -0.521. The van der Waals surface area contributed by atoms with Crippen molar-refractivity contribution in [2.75, 3.05) is 0 Å². The number of hydrogen-bond donors (Lipinski definition) is 0. The van der Waals surface area contributed by atoms with Crippen LogP contribution in [0, 0.1) is 5.92 Å². The lowest BCUT2D eigenvalue weighted by molar-refractivity contribution is -0.0993. The molecule has 0 bridgehead atoms. The summed E-state index contributed by atoms with van der Waals surface area (Å²) in [7, 11) is 0. The minimum absolute atomic E-state index is 0.319. The van der Waals surface area contributed by atoms with Crippen molar-refractivity contribution < 1.29 is 9.47 Å². The Balaban J connectivity index is 2.41. The van der Waals surface area contributed by atoms with E-state index in [1.165, 1.54) is 5.56 Å². The van der Waals surface area contributed by atoms with E-state index in [2.05, 4.69) is 33.8 Å². The molecule has 1 aliphatic heterocycles. The third-order valence-electron chi connectivity index (χ3n) is 3.30. The summed E-state index contributed by atoms with van der Waals surface area (Å²) in [5.41, 5.74) is 1.22. The zero-order valence-corrected chi connectivity index (χ0v) is 10.7. The van der Waals surface area contributed by atoms with Crippen molar-refractivity contribution in [1.82, 2.24) is 0 Å². The molecule has 88 valence electrons. The second-order valence-corrected chi connectivity index (χ2v) is 5.20. The number of ether oxygens (including phenoxy) is 2. The smallest absolute Gasteiger partial charge is 0.251 e. The zero-order valence-electron chi connectivity index (χ0n) is 10.7. The van der Waals surface area contributed by atoms with E-state index >= 15 is 0 Å². The van der Waals surface area contributed by atoms with Crippen molar-refractivity contribution in [3.05, 3.63) is 23.8 Å². The van der Waals surface area contributed by atoms with Crippen molar-refractivity contribution in [3.8, 4) is 11.5 Å². The van der Waals surface area contributed by atoms with Gasteiger partial charge in [0.25, 0.3) is 5.79 Å². The predicted molar refractivity (Wildman–Crippen MR) is 65.0 cm³/mol. The Kier molecular flexibility index (Phi) is 2.61. The molecular formula is C14H20O2. The van der Waals surface area contributed by atoms with Crippen molar-refractivity contribution in [2.24, 2.45) is 5.92 Å². The van der Waals surface area contributed by atoms with Gasteiger partial charge in [0.05, 0.1) is 0 Å². The van der Waals surface area contributed by atoms with Gasteiger partial charge in [0.15, 0.2) is 11.5 Å². The number of benzene rings is 1. The number of hydrogen-bond acceptors (Lipinski definition) is 2. The molecule has 1 aromatic rings. The highest BCUT2D eigenvalue weighted by Crippen LogP contribution is 2.46. The van der Waals surface area contributed by atoms with Crippen LogP contribution in [0.25, 0.3) is 0 Å². The second kappa shape index (κ2) is 3.69. The largest absolute Gasteiger partial charge is 0.448 e. The van der Waals surface area contributed by atoms with Crippen LogP contribution in [0.4, 0.5) is 0 Å². The molecule has 2 nitrogen and oxygen atoms in total. The average Bonchev–Trinajstić information content (AvgIpc) is 2.54. The second-order valence-electron chi connectivity index (χ2n) is 5.20. The molecule has 1 aromatic carbocycles.